The number of hydrogen-bond donors (Lipinski definition) is 1. The van der Waals surface area contributed by atoms with Gasteiger partial charge in [0.1, 0.15) is 5.82 Å². The van der Waals surface area contributed by atoms with Crippen molar-refractivity contribution in [3.8, 4) is 0 Å². The van der Waals surface area contributed by atoms with Crippen LogP contribution in [0.25, 0.3) is 0 Å². The minimum atomic E-state index is -0.131. The van der Waals surface area contributed by atoms with E-state index in [0.29, 0.717) is 12.6 Å². The van der Waals surface area contributed by atoms with Crippen molar-refractivity contribution in [1.82, 2.24) is 5.32 Å². The second-order valence-corrected chi connectivity index (χ2v) is 6.22. The molecule has 1 N–H and O–H groups in total. The summed E-state index contributed by atoms with van der Waals surface area (Å²) in [6.07, 6.45) is 0. The summed E-state index contributed by atoms with van der Waals surface area (Å²) in [6, 6.07) is 5.69. The molecule has 0 fully saturated rings. The van der Waals surface area contributed by atoms with Crippen molar-refractivity contribution in [2.45, 2.75) is 59.7 Å². The zero-order chi connectivity index (χ0) is 14.6. The Morgan fingerprint density at radius 3 is 2.37 bits per heavy atom. The van der Waals surface area contributed by atoms with Gasteiger partial charge in [-0.25, -0.2) is 4.39 Å². The monoisotopic (exact) mass is 266 g/mol. The first-order chi connectivity index (χ1) is 8.76. The maximum atomic E-state index is 14.1. The molecule has 0 saturated heterocycles. The van der Waals surface area contributed by atoms with Crippen LogP contribution in [0.3, 0.4) is 0 Å². The molecule has 19 heavy (non-hydrogen) atoms. The van der Waals surface area contributed by atoms with E-state index in [1.54, 1.807) is 6.07 Å². The summed E-state index contributed by atoms with van der Waals surface area (Å²) in [6.45, 7) is 14.1. The van der Waals surface area contributed by atoms with Crippen LogP contribution in [-0.2, 0) is 6.54 Å². The minimum Gasteiger partial charge on any atom is -0.369 e. The number of rotatable bonds is 5. The van der Waals surface area contributed by atoms with E-state index in [2.05, 4.69) is 51.8 Å². The Balaban J connectivity index is 3.07. The summed E-state index contributed by atoms with van der Waals surface area (Å²) >= 11 is 0. The number of hydrogen-bond acceptors (Lipinski definition) is 2. The summed E-state index contributed by atoms with van der Waals surface area (Å²) < 4.78 is 14.1. The van der Waals surface area contributed by atoms with Gasteiger partial charge in [-0.2, -0.15) is 0 Å². The number of halogens is 1. The summed E-state index contributed by atoms with van der Waals surface area (Å²) in [5, 5.41) is 3.37. The normalized spacial score (nSPS) is 12.0. The van der Waals surface area contributed by atoms with Crippen molar-refractivity contribution in [3.63, 3.8) is 0 Å². The van der Waals surface area contributed by atoms with Crippen LogP contribution in [0.4, 0.5) is 10.1 Å². The van der Waals surface area contributed by atoms with E-state index >= 15 is 0 Å². The maximum Gasteiger partial charge on any atom is 0.129 e. The van der Waals surface area contributed by atoms with Crippen LogP contribution in [0.1, 0.15) is 47.1 Å². The molecule has 0 amide bonds. The van der Waals surface area contributed by atoms with E-state index in [4.69, 9.17) is 0 Å². The molecule has 0 saturated carbocycles. The van der Waals surface area contributed by atoms with E-state index in [1.807, 2.05) is 6.07 Å². The standard InChI is InChI=1S/C16H27FN2/c1-7-19(12(2)3)15-10-8-9-14(17)13(15)11-18-16(4,5)6/h8-10,12,18H,7,11H2,1-6H3. The molecule has 3 heteroatoms. The maximum absolute atomic E-state index is 14.1. The van der Waals surface area contributed by atoms with Crippen LogP contribution in [0, 0.1) is 5.82 Å². The van der Waals surface area contributed by atoms with Gasteiger partial charge in [0.15, 0.2) is 0 Å². The van der Waals surface area contributed by atoms with Crippen LogP contribution >= 0.6 is 0 Å². The Kier molecular flexibility index (Phi) is 5.36. The molecule has 0 unspecified atom stereocenters. The van der Waals surface area contributed by atoms with Crippen molar-refractivity contribution < 1.29 is 4.39 Å². The second kappa shape index (κ2) is 6.38. The average Bonchev–Trinajstić information content (AvgIpc) is 2.27. The van der Waals surface area contributed by atoms with E-state index in [-0.39, 0.29) is 11.4 Å². The number of nitrogens with one attached hydrogen (secondary N) is 1. The van der Waals surface area contributed by atoms with Crippen molar-refractivity contribution in [2.75, 3.05) is 11.4 Å². The van der Waals surface area contributed by atoms with Gasteiger partial charge in [0.2, 0.25) is 0 Å². The molecule has 1 aromatic rings. The molecular formula is C16H27FN2. The van der Waals surface area contributed by atoms with Gasteiger partial charge in [0.05, 0.1) is 0 Å². The van der Waals surface area contributed by atoms with Crippen molar-refractivity contribution in [1.29, 1.82) is 0 Å². The van der Waals surface area contributed by atoms with Gasteiger partial charge < -0.3 is 10.2 Å². The number of anilines is 1. The summed E-state index contributed by atoms with van der Waals surface area (Å²) in [7, 11) is 0. The van der Waals surface area contributed by atoms with Gasteiger partial charge in [-0.05, 0) is 53.7 Å². The van der Waals surface area contributed by atoms with Gasteiger partial charge >= 0.3 is 0 Å². The largest absolute Gasteiger partial charge is 0.369 e. The summed E-state index contributed by atoms with van der Waals surface area (Å²) in [5.74, 6) is -0.131. The molecule has 1 aromatic carbocycles. The van der Waals surface area contributed by atoms with Crippen molar-refractivity contribution in [2.24, 2.45) is 0 Å². The zero-order valence-corrected chi connectivity index (χ0v) is 13.0. The predicted molar refractivity (Wildman–Crippen MR) is 81.1 cm³/mol. The van der Waals surface area contributed by atoms with Gasteiger partial charge in [-0.1, -0.05) is 6.07 Å². The topological polar surface area (TPSA) is 15.3 Å². The van der Waals surface area contributed by atoms with Gasteiger partial charge in [-0.3, -0.25) is 0 Å². The molecule has 1 rings (SSSR count). The molecule has 0 radical (unpaired) electrons. The quantitative estimate of drug-likeness (QED) is 0.868. The van der Waals surface area contributed by atoms with E-state index in [1.165, 1.54) is 6.07 Å². The van der Waals surface area contributed by atoms with Crippen molar-refractivity contribution >= 4 is 5.69 Å². The van der Waals surface area contributed by atoms with E-state index < -0.39 is 0 Å². The third-order valence-electron chi connectivity index (χ3n) is 3.16. The Morgan fingerprint density at radius 1 is 1.26 bits per heavy atom. The molecule has 0 aliphatic carbocycles. The van der Waals surface area contributed by atoms with Gasteiger partial charge in [-0.15, -0.1) is 0 Å². The predicted octanol–water partition coefficient (Wildman–Crippen LogP) is 3.95. The van der Waals surface area contributed by atoms with Crippen molar-refractivity contribution in [3.05, 3.63) is 29.6 Å². The number of nitrogens with zero attached hydrogens (tertiary/aromatic N) is 1. The lowest BCUT2D eigenvalue weighted by Gasteiger charge is -2.31. The van der Waals surface area contributed by atoms with Gasteiger partial charge in [0, 0.05) is 35.9 Å². The smallest absolute Gasteiger partial charge is 0.129 e. The zero-order valence-electron chi connectivity index (χ0n) is 13.0. The summed E-state index contributed by atoms with van der Waals surface area (Å²) in [5.41, 5.74) is 1.73. The summed E-state index contributed by atoms with van der Waals surface area (Å²) in [4.78, 5) is 2.22. The molecule has 0 heterocycles. The highest BCUT2D eigenvalue weighted by molar-refractivity contribution is 5.54. The SMILES string of the molecule is CCN(c1cccc(F)c1CNC(C)(C)C)C(C)C. The highest BCUT2D eigenvalue weighted by Gasteiger charge is 2.17. The lowest BCUT2D eigenvalue weighted by atomic mass is 10.1. The Hall–Kier alpha value is -1.09. The second-order valence-electron chi connectivity index (χ2n) is 6.22. The molecule has 0 spiro atoms. The number of benzene rings is 1. The third kappa shape index (κ3) is 4.50. The third-order valence-corrected chi connectivity index (χ3v) is 3.16. The molecule has 2 nitrogen and oxygen atoms in total. The van der Waals surface area contributed by atoms with Crippen LogP contribution in [0.5, 0.6) is 0 Å². The van der Waals surface area contributed by atoms with Crippen LogP contribution in [0.2, 0.25) is 0 Å². The van der Waals surface area contributed by atoms with Gasteiger partial charge in [0.25, 0.3) is 0 Å². The first-order valence-corrected chi connectivity index (χ1v) is 7.05. The molecule has 0 aromatic heterocycles. The minimum absolute atomic E-state index is 0.0194. The van der Waals surface area contributed by atoms with Crippen LogP contribution < -0.4 is 10.2 Å². The molecule has 0 aliphatic heterocycles. The fourth-order valence-electron chi connectivity index (χ4n) is 2.16. The Morgan fingerprint density at radius 2 is 1.89 bits per heavy atom. The molecule has 0 bridgehead atoms. The fraction of sp³-hybridized carbons (Fsp3) is 0.625. The van der Waals surface area contributed by atoms with E-state index in [0.717, 1.165) is 17.8 Å². The molecule has 0 aliphatic rings. The van der Waals surface area contributed by atoms with Crippen LogP contribution in [0.15, 0.2) is 18.2 Å². The lowest BCUT2D eigenvalue weighted by Crippen LogP contribution is -2.37. The van der Waals surface area contributed by atoms with Crippen LogP contribution in [-0.4, -0.2) is 18.1 Å². The average molecular weight is 266 g/mol. The highest BCUT2D eigenvalue weighted by Crippen LogP contribution is 2.25. The Bertz CT molecular complexity index is 408. The first-order valence-electron chi connectivity index (χ1n) is 7.05. The lowest BCUT2D eigenvalue weighted by molar-refractivity contribution is 0.418. The molecule has 108 valence electrons. The molecule has 0 atom stereocenters. The Labute approximate surface area is 117 Å². The molecular weight excluding hydrogens is 239 g/mol. The first kappa shape index (κ1) is 16.0. The van der Waals surface area contributed by atoms with E-state index in [9.17, 15) is 4.39 Å². The fourth-order valence-corrected chi connectivity index (χ4v) is 2.16. The highest BCUT2D eigenvalue weighted by atomic mass is 19.1.